The number of hydrogen-bond acceptors (Lipinski definition) is 2. The van der Waals surface area contributed by atoms with Gasteiger partial charge in [-0.25, -0.2) is 8.78 Å². The van der Waals surface area contributed by atoms with Gasteiger partial charge in [-0.1, -0.05) is 24.3 Å². The smallest absolute Gasteiger partial charge is 0.162 e. The monoisotopic (exact) mass is 264 g/mol. The van der Waals surface area contributed by atoms with Crippen molar-refractivity contribution in [1.29, 1.82) is 0 Å². The highest BCUT2D eigenvalue weighted by Crippen LogP contribution is 2.25. The molecule has 92 valence electrons. The Labute approximate surface area is 108 Å². The zero-order chi connectivity index (χ0) is 13.0. The SMILES string of the molecule is O=Cc1cccc(SCc2cccc(F)c2F)c1. The Morgan fingerprint density at radius 2 is 1.89 bits per heavy atom. The maximum absolute atomic E-state index is 13.4. The van der Waals surface area contributed by atoms with Gasteiger partial charge in [0.15, 0.2) is 11.6 Å². The van der Waals surface area contributed by atoms with Crippen LogP contribution in [0.15, 0.2) is 47.4 Å². The van der Waals surface area contributed by atoms with E-state index in [1.54, 1.807) is 24.3 Å². The molecule has 0 heterocycles. The number of benzene rings is 2. The van der Waals surface area contributed by atoms with Crippen molar-refractivity contribution in [3.8, 4) is 0 Å². The van der Waals surface area contributed by atoms with Crippen molar-refractivity contribution in [1.82, 2.24) is 0 Å². The predicted molar refractivity (Wildman–Crippen MR) is 67.7 cm³/mol. The van der Waals surface area contributed by atoms with E-state index in [4.69, 9.17) is 0 Å². The second-order valence-corrected chi connectivity index (χ2v) is 4.74. The summed E-state index contributed by atoms with van der Waals surface area (Å²) >= 11 is 1.36. The van der Waals surface area contributed by atoms with E-state index < -0.39 is 11.6 Å². The van der Waals surface area contributed by atoms with Crippen LogP contribution in [0, 0.1) is 11.6 Å². The van der Waals surface area contributed by atoms with Crippen molar-refractivity contribution in [2.45, 2.75) is 10.6 Å². The third kappa shape index (κ3) is 2.96. The molecule has 0 atom stereocenters. The van der Waals surface area contributed by atoms with E-state index in [9.17, 15) is 13.6 Å². The van der Waals surface area contributed by atoms with Crippen LogP contribution < -0.4 is 0 Å². The second-order valence-electron chi connectivity index (χ2n) is 3.69. The van der Waals surface area contributed by atoms with E-state index in [1.165, 1.54) is 17.8 Å². The molecule has 0 bridgehead atoms. The minimum atomic E-state index is -0.838. The van der Waals surface area contributed by atoms with Crippen molar-refractivity contribution in [2.24, 2.45) is 0 Å². The molecule has 18 heavy (non-hydrogen) atoms. The summed E-state index contributed by atoms with van der Waals surface area (Å²) in [4.78, 5) is 11.5. The first-order valence-corrected chi connectivity index (χ1v) is 6.30. The highest BCUT2D eigenvalue weighted by molar-refractivity contribution is 7.98. The largest absolute Gasteiger partial charge is 0.298 e. The maximum Gasteiger partial charge on any atom is 0.162 e. The maximum atomic E-state index is 13.4. The molecule has 0 saturated heterocycles. The molecule has 2 aromatic carbocycles. The first kappa shape index (κ1) is 12.8. The van der Waals surface area contributed by atoms with Crippen molar-refractivity contribution < 1.29 is 13.6 Å². The fourth-order valence-corrected chi connectivity index (χ4v) is 2.44. The molecule has 4 heteroatoms. The number of halogens is 2. The molecular weight excluding hydrogens is 254 g/mol. The summed E-state index contributed by atoms with van der Waals surface area (Å²) in [5.41, 5.74) is 0.885. The number of aldehydes is 1. The Bertz CT molecular complexity index is 569. The van der Waals surface area contributed by atoms with Crippen LogP contribution in [0.1, 0.15) is 15.9 Å². The molecule has 0 radical (unpaired) electrons. The van der Waals surface area contributed by atoms with E-state index in [1.807, 2.05) is 6.07 Å². The van der Waals surface area contributed by atoms with Crippen LogP contribution in [0.4, 0.5) is 8.78 Å². The van der Waals surface area contributed by atoms with Crippen LogP contribution in [-0.4, -0.2) is 6.29 Å². The molecule has 0 amide bonds. The molecule has 2 rings (SSSR count). The van der Waals surface area contributed by atoms with Gasteiger partial charge in [-0.2, -0.15) is 0 Å². The summed E-state index contributed by atoms with van der Waals surface area (Å²) in [6, 6.07) is 11.1. The van der Waals surface area contributed by atoms with E-state index in [0.29, 0.717) is 16.9 Å². The van der Waals surface area contributed by atoms with Crippen LogP contribution in [-0.2, 0) is 5.75 Å². The van der Waals surface area contributed by atoms with Crippen LogP contribution in [0.2, 0.25) is 0 Å². The zero-order valence-corrected chi connectivity index (χ0v) is 10.2. The topological polar surface area (TPSA) is 17.1 Å². The average Bonchev–Trinajstić information content (AvgIpc) is 2.41. The van der Waals surface area contributed by atoms with Crippen LogP contribution >= 0.6 is 11.8 Å². The first-order valence-electron chi connectivity index (χ1n) is 5.31. The minimum Gasteiger partial charge on any atom is -0.298 e. The van der Waals surface area contributed by atoms with Gasteiger partial charge in [-0.15, -0.1) is 11.8 Å². The standard InChI is InChI=1S/C14H10F2OS/c15-13-6-2-4-11(14(13)16)9-18-12-5-1-3-10(7-12)8-17/h1-8H,9H2. The number of rotatable bonds is 4. The van der Waals surface area contributed by atoms with Crippen LogP contribution in [0.5, 0.6) is 0 Å². The second kappa shape index (κ2) is 5.78. The van der Waals surface area contributed by atoms with E-state index in [2.05, 4.69) is 0 Å². The van der Waals surface area contributed by atoms with Gasteiger partial charge in [0.25, 0.3) is 0 Å². The zero-order valence-electron chi connectivity index (χ0n) is 9.40. The van der Waals surface area contributed by atoms with Crippen LogP contribution in [0.25, 0.3) is 0 Å². The number of thioether (sulfide) groups is 1. The molecule has 0 aromatic heterocycles. The van der Waals surface area contributed by atoms with Gasteiger partial charge in [-0.3, -0.25) is 4.79 Å². The predicted octanol–water partition coefficient (Wildman–Crippen LogP) is 4.07. The van der Waals surface area contributed by atoms with Crippen LogP contribution in [0.3, 0.4) is 0 Å². The Kier molecular flexibility index (Phi) is 4.10. The van der Waals surface area contributed by atoms with Gasteiger partial charge in [-0.05, 0) is 18.2 Å². The number of carbonyl (C=O) groups excluding carboxylic acids is 1. The lowest BCUT2D eigenvalue weighted by molar-refractivity contribution is 0.112. The average molecular weight is 264 g/mol. The quantitative estimate of drug-likeness (QED) is 0.611. The number of carbonyl (C=O) groups is 1. The molecule has 0 fully saturated rings. The third-order valence-corrected chi connectivity index (χ3v) is 3.46. The molecule has 0 N–H and O–H groups in total. The highest BCUT2D eigenvalue weighted by Gasteiger charge is 2.07. The number of hydrogen-bond donors (Lipinski definition) is 0. The lowest BCUT2D eigenvalue weighted by Gasteiger charge is -2.04. The van der Waals surface area contributed by atoms with Crippen molar-refractivity contribution in [3.05, 3.63) is 65.2 Å². The van der Waals surface area contributed by atoms with E-state index in [-0.39, 0.29) is 0 Å². The lowest BCUT2D eigenvalue weighted by atomic mass is 10.2. The van der Waals surface area contributed by atoms with E-state index >= 15 is 0 Å². The summed E-state index contributed by atoms with van der Waals surface area (Å²) in [5, 5.41) is 0. The molecule has 0 unspecified atom stereocenters. The summed E-state index contributed by atoms with van der Waals surface area (Å²) in [6.45, 7) is 0. The van der Waals surface area contributed by atoms with E-state index in [0.717, 1.165) is 17.2 Å². The molecule has 0 saturated carbocycles. The lowest BCUT2D eigenvalue weighted by Crippen LogP contribution is -1.91. The first-order chi connectivity index (χ1) is 8.70. The molecule has 2 aromatic rings. The third-order valence-electron chi connectivity index (χ3n) is 2.42. The van der Waals surface area contributed by atoms with Crippen molar-refractivity contribution >= 4 is 18.0 Å². The van der Waals surface area contributed by atoms with Gasteiger partial charge in [0.2, 0.25) is 0 Å². The normalized spacial score (nSPS) is 10.3. The molecule has 0 aliphatic heterocycles. The van der Waals surface area contributed by atoms with Gasteiger partial charge >= 0.3 is 0 Å². The Morgan fingerprint density at radius 1 is 1.11 bits per heavy atom. The molecule has 1 nitrogen and oxygen atoms in total. The summed E-state index contributed by atoms with van der Waals surface area (Å²) in [6.07, 6.45) is 0.757. The Balaban J connectivity index is 2.11. The summed E-state index contributed by atoms with van der Waals surface area (Å²) in [7, 11) is 0. The van der Waals surface area contributed by atoms with Gasteiger partial charge < -0.3 is 0 Å². The minimum absolute atomic E-state index is 0.316. The Hall–Kier alpha value is -1.68. The highest BCUT2D eigenvalue weighted by atomic mass is 32.2. The molecular formula is C14H10F2OS. The van der Waals surface area contributed by atoms with Gasteiger partial charge in [0, 0.05) is 21.8 Å². The van der Waals surface area contributed by atoms with Crippen molar-refractivity contribution in [2.75, 3.05) is 0 Å². The van der Waals surface area contributed by atoms with Gasteiger partial charge in [0.05, 0.1) is 0 Å². The summed E-state index contributed by atoms with van der Waals surface area (Å²) < 4.78 is 26.4. The molecule has 0 aliphatic carbocycles. The Morgan fingerprint density at radius 3 is 2.67 bits per heavy atom. The fourth-order valence-electron chi connectivity index (χ4n) is 1.50. The van der Waals surface area contributed by atoms with Gasteiger partial charge in [0.1, 0.15) is 6.29 Å². The molecule has 0 spiro atoms. The van der Waals surface area contributed by atoms with Crippen molar-refractivity contribution in [3.63, 3.8) is 0 Å². The molecule has 0 aliphatic rings. The summed E-state index contributed by atoms with van der Waals surface area (Å²) in [5.74, 6) is -1.32. The fraction of sp³-hybridized carbons (Fsp3) is 0.0714.